The van der Waals surface area contributed by atoms with Crippen LogP contribution in [0.15, 0.2) is 65.7 Å². The molecule has 1 aliphatic rings. The summed E-state index contributed by atoms with van der Waals surface area (Å²) in [5.41, 5.74) is 1.83. The van der Waals surface area contributed by atoms with Crippen LogP contribution in [0.4, 0.5) is 11.4 Å². The first-order valence-electron chi connectivity index (χ1n) is 11.2. The van der Waals surface area contributed by atoms with Gasteiger partial charge < -0.3 is 10.4 Å². The van der Waals surface area contributed by atoms with Crippen molar-refractivity contribution in [2.24, 2.45) is 0 Å². The fraction of sp³-hybridized carbons (Fsp3) is 0.333. The second-order valence-corrected chi connectivity index (χ2v) is 11.7. The summed E-state index contributed by atoms with van der Waals surface area (Å²) in [5, 5.41) is 12.3. The molecule has 10 nitrogen and oxygen atoms in total. The second kappa shape index (κ2) is 12.7. The Hall–Kier alpha value is -2.06. The number of carboxylic acid groups (broad SMARTS) is 1. The van der Waals surface area contributed by atoms with Crippen LogP contribution in [0.2, 0.25) is 0 Å². The van der Waals surface area contributed by atoms with E-state index >= 15 is 0 Å². The van der Waals surface area contributed by atoms with Crippen molar-refractivity contribution in [1.82, 2.24) is 0 Å². The van der Waals surface area contributed by atoms with Crippen molar-refractivity contribution in [2.45, 2.75) is 42.9 Å². The molecule has 194 valence electrons. The topological polar surface area (TPSA) is 161 Å². The Kier molecular flexibility index (Phi) is 10.7. The van der Waals surface area contributed by atoms with Gasteiger partial charge in [-0.1, -0.05) is 18.2 Å². The standard InChI is InChI=1S/C24H28N2O8S2.Na/c1-24(13-5-9-23(27)28)20-17-19(36(32,33)34)10-11-21(20)26(15-6-16-35(29,30)31)22(24)12-14-25-18-7-3-2-4-8-18;/h2-4,7-8,10-12,14,17H,5-6,9,13,15-16H2,1H3,(H3,27,28,29,30,31,32,33,34);/q;+1/p+1. The van der Waals surface area contributed by atoms with Crippen LogP contribution in [-0.4, -0.2) is 59.6 Å². The molecule has 1 heterocycles. The Morgan fingerprint density at radius 2 is 1.73 bits per heavy atom. The molecule has 37 heavy (non-hydrogen) atoms. The molecule has 0 aliphatic carbocycles. The molecule has 1 aliphatic heterocycles. The van der Waals surface area contributed by atoms with Crippen molar-refractivity contribution in [1.29, 1.82) is 0 Å². The first-order chi connectivity index (χ1) is 16.8. The maximum atomic E-state index is 11.9. The Morgan fingerprint density at radius 3 is 2.32 bits per heavy atom. The molecule has 0 saturated heterocycles. The number of carboxylic acids is 1. The van der Waals surface area contributed by atoms with Crippen LogP contribution in [-0.2, 0) is 30.4 Å². The Balaban J connectivity index is 0.00000481. The number of hydrogen-bond donors (Lipinski definition) is 4. The van der Waals surface area contributed by atoms with E-state index < -0.39 is 37.4 Å². The molecule has 13 heteroatoms. The molecule has 0 saturated carbocycles. The SMILES string of the molecule is CC1(CCCC(=O)O)C(C=CNc2ccccc2)=[N+](CCCS(=O)(=O)O)c2ccc(S(=O)(=O)O)cc21.[Na+]. The van der Waals surface area contributed by atoms with E-state index in [0.29, 0.717) is 29.8 Å². The summed E-state index contributed by atoms with van der Waals surface area (Å²) >= 11 is 0. The number of carbonyl (C=O) groups is 1. The predicted molar refractivity (Wildman–Crippen MR) is 135 cm³/mol. The monoisotopic (exact) mass is 560 g/mol. The number of benzene rings is 2. The molecule has 3 rings (SSSR count). The fourth-order valence-corrected chi connectivity index (χ4v) is 5.45. The van der Waals surface area contributed by atoms with Crippen LogP contribution in [0, 0.1) is 0 Å². The molecule has 0 bridgehead atoms. The van der Waals surface area contributed by atoms with Crippen molar-refractivity contribution in [3.63, 3.8) is 0 Å². The molecule has 0 aromatic heterocycles. The zero-order valence-electron chi connectivity index (χ0n) is 20.7. The van der Waals surface area contributed by atoms with Crippen molar-refractivity contribution >= 4 is 43.3 Å². The first-order valence-corrected chi connectivity index (χ1v) is 14.3. The van der Waals surface area contributed by atoms with Gasteiger partial charge in [-0.15, -0.1) is 0 Å². The number of para-hydroxylation sites is 1. The number of allylic oxidation sites excluding steroid dienone is 1. The Labute approximate surface area is 238 Å². The van der Waals surface area contributed by atoms with E-state index in [1.54, 1.807) is 12.3 Å². The first kappa shape index (κ1) is 31.2. The number of anilines is 1. The van der Waals surface area contributed by atoms with Crippen molar-refractivity contribution in [3.8, 4) is 0 Å². The molecule has 2 aromatic carbocycles. The summed E-state index contributed by atoms with van der Waals surface area (Å²) in [6.07, 6.45) is 4.13. The molecule has 1 atom stereocenters. The summed E-state index contributed by atoms with van der Waals surface area (Å²) in [6.45, 7) is 2.05. The summed E-state index contributed by atoms with van der Waals surface area (Å²) in [7, 11) is -8.68. The van der Waals surface area contributed by atoms with Gasteiger partial charge >= 0.3 is 35.5 Å². The molecule has 0 amide bonds. The second-order valence-electron chi connectivity index (χ2n) is 8.75. The quantitative estimate of drug-likeness (QED) is 0.164. The molecule has 0 spiro atoms. The third-order valence-electron chi connectivity index (χ3n) is 6.12. The largest absolute Gasteiger partial charge is 1.00 e. The van der Waals surface area contributed by atoms with Crippen LogP contribution < -0.4 is 34.9 Å². The van der Waals surface area contributed by atoms with E-state index in [1.165, 1.54) is 18.2 Å². The van der Waals surface area contributed by atoms with Crippen LogP contribution >= 0.6 is 0 Å². The molecule has 0 fully saturated rings. The summed E-state index contributed by atoms with van der Waals surface area (Å²) < 4.78 is 67.0. The zero-order valence-corrected chi connectivity index (χ0v) is 24.3. The van der Waals surface area contributed by atoms with E-state index in [1.807, 2.05) is 41.8 Å². The van der Waals surface area contributed by atoms with E-state index in [0.717, 1.165) is 5.69 Å². The zero-order chi connectivity index (χ0) is 26.6. The van der Waals surface area contributed by atoms with Crippen LogP contribution in [0.5, 0.6) is 0 Å². The van der Waals surface area contributed by atoms with Gasteiger partial charge in [-0.25, -0.2) is 0 Å². The number of hydrogen-bond acceptors (Lipinski definition) is 6. The Bertz CT molecular complexity index is 1410. The van der Waals surface area contributed by atoms with Crippen molar-refractivity contribution in [2.75, 3.05) is 17.6 Å². The van der Waals surface area contributed by atoms with Crippen molar-refractivity contribution in [3.05, 3.63) is 66.4 Å². The van der Waals surface area contributed by atoms with Gasteiger partial charge in [-0.3, -0.25) is 13.9 Å². The number of nitrogens with zero attached hydrogens (tertiary/aromatic N) is 1. The van der Waals surface area contributed by atoms with Gasteiger partial charge in [-0.05, 0) is 44.0 Å². The van der Waals surface area contributed by atoms with Crippen LogP contribution in [0.1, 0.15) is 38.2 Å². The van der Waals surface area contributed by atoms with Gasteiger partial charge in [-0.2, -0.15) is 21.4 Å². The van der Waals surface area contributed by atoms with Crippen LogP contribution in [0.25, 0.3) is 0 Å². The molecular weight excluding hydrogens is 531 g/mol. The van der Waals surface area contributed by atoms with E-state index in [9.17, 15) is 30.7 Å². The maximum absolute atomic E-state index is 11.9. The van der Waals surface area contributed by atoms with Gasteiger partial charge in [0.1, 0.15) is 6.54 Å². The number of nitrogens with one attached hydrogen (secondary N) is 1. The third-order valence-corrected chi connectivity index (χ3v) is 7.78. The maximum Gasteiger partial charge on any atom is 1.00 e. The summed E-state index contributed by atoms with van der Waals surface area (Å²) in [5.74, 6) is -1.42. The smallest absolute Gasteiger partial charge is 0.481 e. The predicted octanol–water partition coefficient (Wildman–Crippen LogP) is 0.452. The minimum atomic E-state index is -4.50. The number of aliphatic carboxylic acids is 1. The molecule has 4 N–H and O–H groups in total. The van der Waals surface area contributed by atoms with Gasteiger partial charge in [0.25, 0.3) is 20.2 Å². The van der Waals surface area contributed by atoms with Gasteiger partial charge in [0.15, 0.2) is 5.71 Å². The third kappa shape index (κ3) is 8.21. The van der Waals surface area contributed by atoms with Gasteiger partial charge in [0.05, 0.1) is 16.1 Å². The van der Waals surface area contributed by atoms with E-state index in [-0.39, 0.29) is 53.8 Å². The summed E-state index contributed by atoms with van der Waals surface area (Å²) in [6, 6.07) is 13.5. The minimum absolute atomic E-state index is 0. The normalized spacial score (nSPS) is 17.5. The fourth-order valence-electron chi connectivity index (χ4n) is 4.45. The minimum Gasteiger partial charge on any atom is -0.481 e. The van der Waals surface area contributed by atoms with Crippen LogP contribution in [0.3, 0.4) is 0 Å². The number of rotatable bonds is 12. The van der Waals surface area contributed by atoms with Crippen molar-refractivity contribution < 1.29 is 70.0 Å². The Morgan fingerprint density at radius 1 is 1.05 bits per heavy atom. The van der Waals surface area contributed by atoms with E-state index in [4.69, 9.17) is 5.11 Å². The molecule has 0 radical (unpaired) electrons. The van der Waals surface area contributed by atoms with E-state index in [2.05, 4.69) is 5.32 Å². The summed E-state index contributed by atoms with van der Waals surface area (Å²) in [4.78, 5) is 10.9. The molecular formula is C24H29N2NaO8S2+2. The van der Waals surface area contributed by atoms with Gasteiger partial charge in [0.2, 0.25) is 5.69 Å². The molecule has 2 aromatic rings. The molecule has 1 unspecified atom stereocenters. The average Bonchev–Trinajstić information content (AvgIpc) is 3.00. The average molecular weight is 561 g/mol. The number of fused-ring (bicyclic) bond motifs is 1. The van der Waals surface area contributed by atoms with Gasteiger partial charge in [0, 0.05) is 42.4 Å².